The predicted molar refractivity (Wildman–Crippen MR) is 131 cm³/mol. The Bertz CT molecular complexity index is 1320. The van der Waals surface area contributed by atoms with Gasteiger partial charge in [-0.3, -0.25) is 4.72 Å². The summed E-state index contributed by atoms with van der Waals surface area (Å²) in [7, 11) is -2.57. The number of anilines is 1. The van der Waals surface area contributed by atoms with Crippen LogP contribution >= 0.6 is 11.3 Å². The number of nitrogens with one attached hydrogen (secondary N) is 1. The van der Waals surface area contributed by atoms with Gasteiger partial charge in [0.25, 0.3) is 10.0 Å². The molecule has 9 heteroatoms. The van der Waals surface area contributed by atoms with E-state index in [4.69, 9.17) is 9.84 Å². The van der Waals surface area contributed by atoms with Gasteiger partial charge in [0.05, 0.1) is 24.6 Å². The zero-order chi connectivity index (χ0) is 23.9. The van der Waals surface area contributed by atoms with Crippen molar-refractivity contribution in [1.82, 2.24) is 4.98 Å². The van der Waals surface area contributed by atoms with Crippen LogP contribution in [0.1, 0.15) is 60.4 Å². The SMILES string of the molecule is COc1cc(C(=O)O)ccc1NS(=O)(=O)c1cnc(-c2ccc(C3CCC4(CC3)CC4)cc2)s1. The van der Waals surface area contributed by atoms with Crippen molar-refractivity contribution >= 4 is 33.0 Å². The van der Waals surface area contributed by atoms with Gasteiger partial charge in [-0.1, -0.05) is 24.3 Å². The van der Waals surface area contributed by atoms with E-state index in [2.05, 4.69) is 21.8 Å². The monoisotopic (exact) mass is 498 g/mol. The lowest BCUT2D eigenvalue weighted by Gasteiger charge is -2.28. The van der Waals surface area contributed by atoms with Gasteiger partial charge in [0.2, 0.25) is 0 Å². The van der Waals surface area contributed by atoms with Gasteiger partial charge in [-0.2, -0.15) is 0 Å². The molecule has 0 bridgehead atoms. The molecule has 0 aliphatic heterocycles. The molecule has 0 saturated heterocycles. The zero-order valence-corrected chi connectivity index (χ0v) is 20.4. The van der Waals surface area contributed by atoms with Crippen molar-refractivity contribution < 1.29 is 23.1 Å². The standard InChI is InChI=1S/C25H26N2O5S2/c1-32-21-14-19(24(28)29)6-7-20(21)27-34(30,31)22-15-26-23(33-22)18-4-2-16(3-5-18)17-8-10-25(11-9-17)12-13-25/h2-7,14-15,17,27H,8-13H2,1H3,(H,28,29). The van der Waals surface area contributed by atoms with Crippen molar-refractivity contribution in [1.29, 1.82) is 0 Å². The first-order valence-corrected chi connectivity index (χ1v) is 13.6. The van der Waals surface area contributed by atoms with Gasteiger partial charge in [-0.15, -0.1) is 11.3 Å². The summed E-state index contributed by atoms with van der Waals surface area (Å²) in [5.74, 6) is -0.389. The van der Waals surface area contributed by atoms with E-state index in [1.54, 1.807) is 0 Å². The highest BCUT2D eigenvalue weighted by Gasteiger charge is 2.44. The quantitative estimate of drug-likeness (QED) is 0.429. The van der Waals surface area contributed by atoms with Crippen LogP contribution in [0.5, 0.6) is 5.75 Å². The second-order valence-electron chi connectivity index (χ2n) is 9.21. The number of hydrogen-bond acceptors (Lipinski definition) is 6. The van der Waals surface area contributed by atoms with Gasteiger partial charge >= 0.3 is 5.97 Å². The summed E-state index contributed by atoms with van der Waals surface area (Å²) in [5, 5.41) is 9.76. The molecule has 2 saturated carbocycles. The van der Waals surface area contributed by atoms with Crippen LogP contribution in [0.25, 0.3) is 10.6 Å². The van der Waals surface area contributed by atoms with Crippen molar-refractivity contribution in [3.05, 3.63) is 59.8 Å². The highest BCUT2D eigenvalue weighted by atomic mass is 32.2. The van der Waals surface area contributed by atoms with Crippen LogP contribution in [-0.2, 0) is 10.0 Å². The number of rotatable bonds is 7. The molecule has 3 aromatic rings. The number of carboxylic acid groups (broad SMARTS) is 1. The van der Waals surface area contributed by atoms with Crippen LogP contribution in [-0.4, -0.2) is 31.6 Å². The fourth-order valence-corrected chi connectivity index (χ4v) is 6.96. The highest BCUT2D eigenvalue weighted by molar-refractivity contribution is 7.94. The minimum absolute atomic E-state index is 0.00333. The summed E-state index contributed by atoms with van der Waals surface area (Å²) in [4.78, 5) is 15.5. The maximum Gasteiger partial charge on any atom is 0.335 e. The molecule has 2 aromatic carbocycles. The second kappa shape index (κ2) is 8.70. The third-order valence-corrected chi connectivity index (χ3v) is 9.95. The summed E-state index contributed by atoms with van der Waals surface area (Å²) in [6.45, 7) is 0. The molecule has 2 aliphatic carbocycles. The summed E-state index contributed by atoms with van der Waals surface area (Å²) < 4.78 is 33.6. The van der Waals surface area contributed by atoms with Gasteiger partial charge in [0.15, 0.2) is 4.21 Å². The minimum atomic E-state index is -3.92. The Morgan fingerprint density at radius 2 is 1.82 bits per heavy atom. The van der Waals surface area contributed by atoms with Crippen LogP contribution in [0.4, 0.5) is 5.69 Å². The molecular weight excluding hydrogens is 472 g/mol. The van der Waals surface area contributed by atoms with Crippen molar-refractivity contribution in [2.75, 3.05) is 11.8 Å². The fourth-order valence-electron chi connectivity index (χ4n) is 4.76. The fraction of sp³-hybridized carbons (Fsp3) is 0.360. The molecule has 34 heavy (non-hydrogen) atoms. The molecule has 1 aromatic heterocycles. The number of thiazole rings is 1. The molecule has 2 N–H and O–H groups in total. The van der Waals surface area contributed by atoms with Crippen molar-refractivity contribution in [2.45, 2.75) is 48.7 Å². The average Bonchev–Trinajstić information content (AvgIpc) is 3.38. The number of methoxy groups -OCH3 is 1. The molecular formula is C25H26N2O5S2. The first kappa shape index (κ1) is 22.9. The maximum absolute atomic E-state index is 12.9. The average molecular weight is 499 g/mol. The van der Waals surface area contributed by atoms with E-state index in [9.17, 15) is 13.2 Å². The molecule has 0 unspecified atom stereocenters. The summed E-state index contributed by atoms with van der Waals surface area (Å²) in [5.41, 5.74) is 3.07. The number of aromatic nitrogens is 1. The largest absolute Gasteiger partial charge is 0.495 e. The molecule has 2 fully saturated rings. The van der Waals surface area contributed by atoms with Crippen molar-refractivity contribution in [3.8, 4) is 16.3 Å². The number of carbonyl (C=O) groups is 1. The van der Waals surface area contributed by atoms with E-state index >= 15 is 0 Å². The Morgan fingerprint density at radius 1 is 1.12 bits per heavy atom. The van der Waals surface area contributed by atoms with Gasteiger partial charge in [-0.25, -0.2) is 18.2 Å². The summed E-state index contributed by atoms with van der Waals surface area (Å²) in [6, 6.07) is 12.3. The van der Waals surface area contributed by atoms with E-state index < -0.39 is 16.0 Å². The molecule has 178 valence electrons. The van der Waals surface area contributed by atoms with Crippen LogP contribution < -0.4 is 9.46 Å². The summed E-state index contributed by atoms with van der Waals surface area (Å²) in [6.07, 6.45) is 9.33. The van der Waals surface area contributed by atoms with Gasteiger partial charge < -0.3 is 9.84 Å². The molecule has 0 amide bonds. The maximum atomic E-state index is 12.9. The van der Waals surface area contributed by atoms with Gasteiger partial charge in [-0.05, 0) is 73.6 Å². The minimum Gasteiger partial charge on any atom is -0.495 e. The Labute approximate surface area is 202 Å². The van der Waals surface area contributed by atoms with E-state index in [1.807, 2.05) is 12.1 Å². The number of ether oxygens (including phenoxy) is 1. The van der Waals surface area contributed by atoms with Gasteiger partial charge in [0.1, 0.15) is 10.8 Å². The number of benzene rings is 2. The van der Waals surface area contributed by atoms with E-state index in [0.29, 0.717) is 16.3 Å². The number of carboxylic acids is 1. The summed E-state index contributed by atoms with van der Waals surface area (Å²) >= 11 is 1.09. The number of nitrogens with zero attached hydrogens (tertiary/aromatic N) is 1. The Balaban J connectivity index is 1.30. The number of sulfonamides is 1. The van der Waals surface area contributed by atoms with Crippen LogP contribution in [0, 0.1) is 5.41 Å². The highest BCUT2D eigenvalue weighted by Crippen LogP contribution is 2.58. The molecule has 1 spiro atoms. The van der Waals surface area contributed by atoms with Crippen LogP contribution in [0.2, 0.25) is 0 Å². The van der Waals surface area contributed by atoms with E-state index in [-0.39, 0.29) is 21.2 Å². The van der Waals surface area contributed by atoms with E-state index in [0.717, 1.165) is 16.9 Å². The predicted octanol–water partition coefficient (Wildman–Crippen LogP) is 5.76. The third kappa shape index (κ3) is 4.54. The first-order chi connectivity index (χ1) is 16.3. The Morgan fingerprint density at radius 3 is 2.44 bits per heavy atom. The molecule has 0 atom stereocenters. The molecule has 2 aliphatic rings. The molecule has 7 nitrogen and oxygen atoms in total. The van der Waals surface area contributed by atoms with Crippen molar-refractivity contribution in [3.63, 3.8) is 0 Å². The van der Waals surface area contributed by atoms with Crippen molar-refractivity contribution in [2.24, 2.45) is 5.41 Å². The lowest BCUT2D eigenvalue weighted by Crippen LogP contribution is -2.13. The van der Waals surface area contributed by atoms with Gasteiger partial charge in [0, 0.05) is 5.56 Å². The van der Waals surface area contributed by atoms with E-state index in [1.165, 1.54) is 75.6 Å². The van der Waals surface area contributed by atoms with Crippen LogP contribution in [0.3, 0.4) is 0 Å². The lowest BCUT2D eigenvalue weighted by molar-refractivity contribution is 0.0696. The second-order valence-corrected chi connectivity index (χ2v) is 12.1. The normalized spacial score (nSPS) is 17.4. The molecule has 1 heterocycles. The van der Waals surface area contributed by atoms with Crippen LogP contribution in [0.15, 0.2) is 52.9 Å². The Hall–Kier alpha value is -2.91. The zero-order valence-electron chi connectivity index (χ0n) is 18.8. The third-order valence-electron chi connectivity index (χ3n) is 7.07. The molecule has 0 radical (unpaired) electrons. The smallest absolute Gasteiger partial charge is 0.335 e. The lowest BCUT2D eigenvalue weighted by atomic mass is 9.77. The number of hydrogen-bond donors (Lipinski definition) is 2. The topological polar surface area (TPSA) is 106 Å². The first-order valence-electron chi connectivity index (χ1n) is 11.3. The Kier molecular flexibility index (Phi) is 5.85. The molecule has 5 rings (SSSR count). The number of aromatic carboxylic acids is 1.